The van der Waals surface area contributed by atoms with Crippen molar-refractivity contribution in [1.29, 1.82) is 5.26 Å². The molecule has 0 saturated carbocycles. The molecule has 1 fully saturated rings. The van der Waals surface area contributed by atoms with Crippen LogP contribution in [0.4, 0.5) is 0 Å². The lowest BCUT2D eigenvalue weighted by Crippen LogP contribution is -2.35. The highest BCUT2D eigenvalue weighted by Gasteiger charge is 2.55. The summed E-state index contributed by atoms with van der Waals surface area (Å²) >= 11 is 0. The number of nitrogens with zero attached hydrogens (tertiary/aromatic N) is 2. The van der Waals surface area contributed by atoms with E-state index in [2.05, 4.69) is 6.07 Å². The molecule has 2 aliphatic rings. The summed E-state index contributed by atoms with van der Waals surface area (Å²) in [6.07, 6.45) is 6.53. The van der Waals surface area contributed by atoms with Crippen LogP contribution in [0.25, 0.3) is 0 Å². The van der Waals surface area contributed by atoms with Crippen molar-refractivity contribution in [2.75, 3.05) is 6.54 Å². The molecular weight excluding hydrogens is 344 g/mol. The minimum atomic E-state index is -3.73. The van der Waals surface area contributed by atoms with Gasteiger partial charge in [0, 0.05) is 6.54 Å². The molecule has 0 spiro atoms. The van der Waals surface area contributed by atoms with Gasteiger partial charge in [-0.15, -0.1) is 0 Å². The van der Waals surface area contributed by atoms with E-state index in [0.717, 1.165) is 17.6 Å². The van der Waals surface area contributed by atoms with Crippen LogP contribution in [0.2, 0.25) is 0 Å². The van der Waals surface area contributed by atoms with Crippen LogP contribution in [0.5, 0.6) is 0 Å². The molecule has 1 heterocycles. The normalized spacial score (nSPS) is 25.3. The summed E-state index contributed by atoms with van der Waals surface area (Å²) in [6.45, 7) is 0.231. The van der Waals surface area contributed by atoms with Gasteiger partial charge in [-0.3, -0.25) is 0 Å². The van der Waals surface area contributed by atoms with Gasteiger partial charge in [0.2, 0.25) is 10.0 Å². The molecule has 0 aromatic heterocycles. The van der Waals surface area contributed by atoms with Gasteiger partial charge in [-0.05, 0) is 29.7 Å². The van der Waals surface area contributed by atoms with Gasteiger partial charge in [0.1, 0.15) is 5.41 Å². The minimum absolute atomic E-state index is 0.231. The Labute approximate surface area is 153 Å². The number of hydrogen-bond acceptors (Lipinski definition) is 3. The van der Waals surface area contributed by atoms with E-state index in [1.165, 1.54) is 4.31 Å². The zero-order valence-electron chi connectivity index (χ0n) is 14.1. The third kappa shape index (κ3) is 2.42. The van der Waals surface area contributed by atoms with Crippen molar-refractivity contribution >= 4 is 10.0 Å². The summed E-state index contributed by atoms with van der Waals surface area (Å²) < 4.78 is 28.2. The fraction of sp³-hybridized carbons (Fsp3) is 0.190. The molecule has 0 N–H and O–H groups in total. The Morgan fingerprint density at radius 1 is 1.04 bits per heavy atom. The quantitative estimate of drug-likeness (QED) is 0.780. The highest BCUT2D eigenvalue weighted by molar-refractivity contribution is 7.89. The molecule has 130 valence electrons. The monoisotopic (exact) mass is 362 g/mol. The first-order valence-corrected chi connectivity index (χ1v) is 9.94. The van der Waals surface area contributed by atoms with Gasteiger partial charge in [0.25, 0.3) is 0 Å². The number of fused-ring (bicyclic) bond motifs is 1. The van der Waals surface area contributed by atoms with Crippen molar-refractivity contribution in [3.05, 3.63) is 90.0 Å². The summed E-state index contributed by atoms with van der Waals surface area (Å²) in [4.78, 5) is 0.247. The maximum atomic E-state index is 13.4. The minimum Gasteiger partial charge on any atom is -0.207 e. The summed E-state index contributed by atoms with van der Waals surface area (Å²) in [7, 11) is -3.73. The number of nitriles is 1. The van der Waals surface area contributed by atoms with Crippen molar-refractivity contribution in [3.8, 4) is 6.07 Å². The van der Waals surface area contributed by atoms with E-state index >= 15 is 0 Å². The summed E-state index contributed by atoms with van der Waals surface area (Å²) in [5.41, 5.74) is 0.723. The summed E-state index contributed by atoms with van der Waals surface area (Å²) in [6, 6.07) is 19.7. The van der Waals surface area contributed by atoms with Gasteiger partial charge in [-0.2, -0.15) is 9.57 Å². The Morgan fingerprint density at radius 3 is 2.35 bits per heavy atom. The molecule has 0 bridgehead atoms. The van der Waals surface area contributed by atoms with E-state index in [1.807, 2.05) is 48.6 Å². The van der Waals surface area contributed by atoms with E-state index in [-0.39, 0.29) is 11.4 Å². The molecule has 2 aromatic carbocycles. The van der Waals surface area contributed by atoms with Crippen LogP contribution in [-0.4, -0.2) is 19.3 Å². The van der Waals surface area contributed by atoms with E-state index in [9.17, 15) is 13.7 Å². The molecule has 4 rings (SSSR count). The lowest BCUT2D eigenvalue weighted by atomic mass is 9.73. The molecule has 4 nitrogen and oxygen atoms in total. The van der Waals surface area contributed by atoms with Gasteiger partial charge in [0.15, 0.2) is 0 Å². The molecule has 1 saturated heterocycles. The third-order valence-corrected chi connectivity index (χ3v) is 6.93. The SMILES string of the molecule is N#CC12C=CCC=C1CN(S(=O)(=O)c1ccccc1)C2c1ccccc1. The average Bonchev–Trinajstić information content (AvgIpc) is 3.06. The van der Waals surface area contributed by atoms with Gasteiger partial charge in [-0.25, -0.2) is 8.42 Å². The molecule has 0 radical (unpaired) electrons. The molecule has 5 heteroatoms. The second-order valence-corrected chi connectivity index (χ2v) is 8.42. The second-order valence-electron chi connectivity index (χ2n) is 6.52. The summed E-state index contributed by atoms with van der Waals surface area (Å²) in [5.74, 6) is 0. The van der Waals surface area contributed by atoms with Crippen molar-refractivity contribution in [1.82, 2.24) is 4.31 Å². The number of sulfonamides is 1. The van der Waals surface area contributed by atoms with Crippen LogP contribution >= 0.6 is 0 Å². The lowest BCUT2D eigenvalue weighted by Gasteiger charge is -2.32. The van der Waals surface area contributed by atoms with E-state index in [4.69, 9.17) is 0 Å². The number of hydrogen-bond donors (Lipinski definition) is 0. The van der Waals surface area contributed by atoms with Crippen LogP contribution in [0.1, 0.15) is 18.0 Å². The van der Waals surface area contributed by atoms with Crippen molar-refractivity contribution < 1.29 is 8.42 Å². The molecular formula is C21H18N2O2S. The van der Waals surface area contributed by atoms with E-state index < -0.39 is 21.5 Å². The maximum absolute atomic E-state index is 13.4. The van der Waals surface area contributed by atoms with Crippen LogP contribution in [-0.2, 0) is 10.0 Å². The first-order chi connectivity index (χ1) is 12.6. The molecule has 2 unspecified atom stereocenters. The number of benzene rings is 2. The summed E-state index contributed by atoms with van der Waals surface area (Å²) in [5, 5.41) is 10.1. The lowest BCUT2D eigenvalue weighted by molar-refractivity contribution is 0.335. The zero-order valence-corrected chi connectivity index (χ0v) is 14.9. The third-order valence-electron chi connectivity index (χ3n) is 5.11. The van der Waals surface area contributed by atoms with Gasteiger partial charge >= 0.3 is 0 Å². The Morgan fingerprint density at radius 2 is 1.69 bits per heavy atom. The molecule has 2 atom stereocenters. The first-order valence-electron chi connectivity index (χ1n) is 8.50. The Hall–Kier alpha value is -2.68. The Bertz CT molecular complexity index is 1020. The fourth-order valence-corrected chi connectivity index (χ4v) is 5.52. The largest absolute Gasteiger partial charge is 0.244 e. The van der Waals surface area contributed by atoms with Crippen LogP contribution in [0.15, 0.2) is 89.4 Å². The van der Waals surface area contributed by atoms with Crippen LogP contribution < -0.4 is 0 Å². The number of allylic oxidation sites excluding steroid dienone is 2. The maximum Gasteiger partial charge on any atom is 0.244 e. The first kappa shape index (κ1) is 16.8. The highest BCUT2D eigenvalue weighted by Crippen LogP contribution is 2.54. The van der Waals surface area contributed by atoms with Gasteiger partial charge in [0.05, 0.1) is 17.0 Å². The predicted molar refractivity (Wildman–Crippen MR) is 99.4 cm³/mol. The fourth-order valence-electron chi connectivity index (χ4n) is 3.87. The predicted octanol–water partition coefficient (Wildman–Crippen LogP) is 3.83. The molecule has 0 amide bonds. The molecule has 26 heavy (non-hydrogen) atoms. The average molecular weight is 362 g/mol. The second kappa shape index (κ2) is 6.24. The smallest absolute Gasteiger partial charge is 0.207 e. The van der Waals surface area contributed by atoms with Gasteiger partial charge in [-0.1, -0.05) is 66.8 Å². The molecule has 1 aliphatic heterocycles. The Balaban J connectivity index is 1.92. The highest BCUT2D eigenvalue weighted by atomic mass is 32.2. The van der Waals surface area contributed by atoms with Crippen molar-refractivity contribution in [2.45, 2.75) is 17.4 Å². The van der Waals surface area contributed by atoms with Crippen molar-refractivity contribution in [3.63, 3.8) is 0 Å². The molecule has 2 aromatic rings. The molecule has 1 aliphatic carbocycles. The standard InChI is InChI=1S/C21H18N2O2S/c22-16-21-14-8-7-11-18(21)15-23(20(21)17-9-3-1-4-10-17)26(24,25)19-12-5-2-6-13-19/h1-6,8-14,20H,7,15H2. The van der Waals surface area contributed by atoms with Crippen molar-refractivity contribution in [2.24, 2.45) is 5.41 Å². The van der Waals surface area contributed by atoms with Crippen LogP contribution in [0, 0.1) is 16.7 Å². The topological polar surface area (TPSA) is 61.2 Å². The van der Waals surface area contributed by atoms with E-state index in [0.29, 0.717) is 0 Å². The van der Waals surface area contributed by atoms with Gasteiger partial charge < -0.3 is 0 Å². The zero-order chi connectivity index (χ0) is 18.2. The number of rotatable bonds is 3. The Kier molecular flexibility index (Phi) is 4.03. The van der Waals surface area contributed by atoms with E-state index in [1.54, 1.807) is 30.3 Å². The van der Waals surface area contributed by atoms with Crippen LogP contribution in [0.3, 0.4) is 0 Å².